The Bertz CT molecular complexity index is 60.2. The van der Waals surface area contributed by atoms with E-state index in [1.807, 2.05) is 0 Å². The zero-order valence-electron chi connectivity index (χ0n) is 4.53. The monoisotopic (exact) mass is 160 g/mol. The van der Waals surface area contributed by atoms with Crippen molar-refractivity contribution in [2.45, 2.75) is 0 Å². The molecule has 0 atom stereocenters. The van der Waals surface area contributed by atoms with E-state index >= 15 is 0 Å². The Morgan fingerprint density at radius 1 is 1.00 bits per heavy atom. The van der Waals surface area contributed by atoms with Crippen molar-refractivity contribution < 1.29 is 75.5 Å². The molecule has 0 aromatic rings. The van der Waals surface area contributed by atoms with Crippen LogP contribution >= 0.6 is 7.82 Å². The molecule has 8 heteroatoms. The summed E-state index contributed by atoms with van der Waals surface area (Å²) in [7, 11) is -5.39. The van der Waals surface area contributed by atoms with Gasteiger partial charge in [-0.15, -0.1) is 0 Å². The quantitative estimate of drug-likeness (QED) is 0.260. The molecule has 37 valence electrons. The van der Waals surface area contributed by atoms with E-state index in [0.29, 0.717) is 0 Å². The summed E-state index contributed by atoms with van der Waals surface area (Å²) in [4.78, 5) is 25.6. The summed E-state index contributed by atoms with van der Waals surface area (Å²) < 4.78 is 8.55. The molecule has 0 N–H and O–H groups in total. The third-order valence-electron chi connectivity index (χ3n) is 0. The first-order valence-electron chi connectivity index (χ1n) is 0.730. The Balaban J connectivity index is -0.0000000267. The SMILES string of the molecule is O=P([O-])([O-])[O-].[Li+].[Li+].[V]. The van der Waals surface area contributed by atoms with Crippen LogP contribution in [0.25, 0.3) is 0 Å². The van der Waals surface area contributed by atoms with Crippen LogP contribution in [-0.4, -0.2) is 0 Å². The van der Waals surface area contributed by atoms with Crippen molar-refractivity contribution in [1.29, 1.82) is 0 Å². The van der Waals surface area contributed by atoms with E-state index in [2.05, 4.69) is 0 Å². The average Bonchev–Trinajstić information content (AvgIpc) is 0.722. The molecule has 0 aliphatic heterocycles. The topological polar surface area (TPSA) is 86.2 Å². The predicted octanol–water partition coefficient (Wildman–Crippen LogP) is -8.82. The van der Waals surface area contributed by atoms with Crippen molar-refractivity contribution in [1.82, 2.24) is 0 Å². The van der Waals surface area contributed by atoms with Gasteiger partial charge in [0.15, 0.2) is 0 Å². The molecule has 0 aliphatic rings. The van der Waals surface area contributed by atoms with Crippen molar-refractivity contribution in [3.63, 3.8) is 0 Å². The van der Waals surface area contributed by atoms with E-state index < -0.39 is 7.82 Å². The summed E-state index contributed by atoms with van der Waals surface area (Å²) in [5, 5.41) is 0. The number of hydrogen-bond acceptors (Lipinski definition) is 4. The zero-order valence-corrected chi connectivity index (χ0v) is 6.82. The predicted molar refractivity (Wildman–Crippen MR) is 7.61 cm³/mol. The third kappa shape index (κ3) is 105. The first kappa shape index (κ1) is 22.5. The van der Waals surface area contributed by atoms with Gasteiger partial charge in [0, 0.05) is 18.6 Å². The van der Waals surface area contributed by atoms with Crippen LogP contribution < -0.4 is 52.4 Å². The maximum Gasteiger partial charge on any atom is 1.00 e. The van der Waals surface area contributed by atoms with Crippen LogP contribution in [0.3, 0.4) is 0 Å². The van der Waals surface area contributed by atoms with Crippen LogP contribution in [0.1, 0.15) is 0 Å². The van der Waals surface area contributed by atoms with Gasteiger partial charge < -0.3 is 19.2 Å². The fourth-order valence-electron chi connectivity index (χ4n) is 0. The van der Waals surface area contributed by atoms with Gasteiger partial charge in [-0.2, -0.15) is 7.82 Å². The minimum absolute atomic E-state index is 0. The van der Waals surface area contributed by atoms with Gasteiger partial charge in [0.25, 0.3) is 0 Å². The summed E-state index contributed by atoms with van der Waals surface area (Å²) in [6, 6.07) is 0. The van der Waals surface area contributed by atoms with Gasteiger partial charge >= 0.3 is 37.7 Å². The van der Waals surface area contributed by atoms with Gasteiger partial charge in [-0.25, -0.2) is 0 Å². The fraction of sp³-hybridized carbons (Fsp3) is 0. The maximum absolute atomic E-state index is 8.55. The van der Waals surface area contributed by atoms with Gasteiger partial charge in [0.05, 0.1) is 0 Å². The van der Waals surface area contributed by atoms with Crippen LogP contribution in [0.15, 0.2) is 0 Å². The Labute approximate surface area is 82.9 Å². The fourth-order valence-corrected chi connectivity index (χ4v) is 0. The molecule has 0 fully saturated rings. The van der Waals surface area contributed by atoms with Crippen molar-refractivity contribution in [2.75, 3.05) is 0 Å². The Kier molecular flexibility index (Phi) is 25.0. The molecule has 4 nitrogen and oxygen atoms in total. The van der Waals surface area contributed by atoms with Gasteiger partial charge in [-0.3, -0.25) is 0 Å². The van der Waals surface area contributed by atoms with E-state index in [1.165, 1.54) is 0 Å². The smallest absolute Gasteiger partial charge is 0.822 e. The molecule has 0 unspecified atom stereocenters. The summed E-state index contributed by atoms with van der Waals surface area (Å²) in [6.07, 6.45) is 0. The first-order valence-corrected chi connectivity index (χ1v) is 2.19. The Hall–Kier alpha value is 1.89. The van der Waals surface area contributed by atoms with E-state index in [4.69, 9.17) is 19.2 Å². The number of rotatable bonds is 0. The molecular formula is Li2O4PV-. The van der Waals surface area contributed by atoms with E-state index in [1.54, 1.807) is 0 Å². The van der Waals surface area contributed by atoms with Crippen LogP contribution in [0.5, 0.6) is 0 Å². The molecule has 8 heavy (non-hydrogen) atoms. The van der Waals surface area contributed by atoms with E-state index in [-0.39, 0.29) is 56.3 Å². The molecule has 0 rings (SSSR count). The van der Waals surface area contributed by atoms with E-state index in [9.17, 15) is 0 Å². The third-order valence-corrected chi connectivity index (χ3v) is 0. The van der Waals surface area contributed by atoms with Crippen LogP contribution in [0.2, 0.25) is 0 Å². The summed E-state index contributed by atoms with van der Waals surface area (Å²) in [5.41, 5.74) is 0. The molecule has 1 radical (unpaired) electrons. The molecule has 0 saturated carbocycles. The summed E-state index contributed by atoms with van der Waals surface area (Å²) >= 11 is 0. The zero-order chi connectivity index (χ0) is 4.50. The molecule has 0 spiro atoms. The maximum atomic E-state index is 8.55. The van der Waals surface area contributed by atoms with Gasteiger partial charge in [0.2, 0.25) is 0 Å². The second-order valence-corrected chi connectivity index (χ2v) is 1.34. The number of hydrogen-bond donors (Lipinski definition) is 0. The van der Waals surface area contributed by atoms with Gasteiger partial charge in [-0.1, -0.05) is 0 Å². The largest absolute Gasteiger partial charge is 1.00 e. The van der Waals surface area contributed by atoms with Gasteiger partial charge in [-0.05, 0) is 0 Å². The van der Waals surface area contributed by atoms with Crippen molar-refractivity contribution >= 4 is 7.82 Å². The average molecular weight is 160 g/mol. The van der Waals surface area contributed by atoms with Crippen LogP contribution in [-0.2, 0) is 23.1 Å². The van der Waals surface area contributed by atoms with Crippen LogP contribution in [0.4, 0.5) is 0 Å². The van der Waals surface area contributed by atoms with Gasteiger partial charge in [0.1, 0.15) is 0 Å². The summed E-state index contributed by atoms with van der Waals surface area (Å²) in [5.74, 6) is 0. The molecule has 0 amide bonds. The molecule has 0 aliphatic carbocycles. The second-order valence-electron chi connectivity index (χ2n) is 0.447. The Morgan fingerprint density at radius 2 is 1.00 bits per heavy atom. The first-order chi connectivity index (χ1) is 2.00. The van der Waals surface area contributed by atoms with E-state index in [0.717, 1.165) is 0 Å². The molecule has 0 bridgehead atoms. The van der Waals surface area contributed by atoms with Crippen molar-refractivity contribution in [2.24, 2.45) is 0 Å². The van der Waals surface area contributed by atoms with Crippen LogP contribution in [0, 0.1) is 0 Å². The van der Waals surface area contributed by atoms with Crippen molar-refractivity contribution in [3.05, 3.63) is 0 Å². The minimum atomic E-state index is -5.39. The molecule has 0 aromatic heterocycles. The molecule has 0 heterocycles. The normalized spacial score (nSPS) is 7.38. The standard InChI is InChI=1S/2Li.H3O4P.V/c;;1-5(2,3)4;/h;;(H3,1,2,3,4);/q2*+1;;/p-3. The van der Waals surface area contributed by atoms with Crippen molar-refractivity contribution in [3.8, 4) is 0 Å². The molecular weight excluding hydrogens is 160 g/mol. The number of phosphoric acid groups is 1. The summed E-state index contributed by atoms with van der Waals surface area (Å²) in [6.45, 7) is 0. The Morgan fingerprint density at radius 3 is 1.00 bits per heavy atom. The second kappa shape index (κ2) is 8.89. The molecule has 0 saturated heterocycles. The molecule has 0 aromatic carbocycles. The minimum Gasteiger partial charge on any atom is -0.822 e.